The number of aromatic nitrogens is 3. The fourth-order valence-corrected chi connectivity index (χ4v) is 9.12. The first-order valence-electron chi connectivity index (χ1n) is 22.2. The number of piperidine rings is 2. The number of halogens is 1. The molecular formula is C49H59FN8O5. The van der Waals surface area contributed by atoms with E-state index in [0.717, 1.165) is 67.0 Å². The maximum absolute atomic E-state index is 16.5. The van der Waals surface area contributed by atoms with Crippen molar-refractivity contribution < 1.29 is 23.8 Å². The topological polar surface area (TPSA) is 136 Å². The molecule has 2 amide bonds. The van der Waals surface area contributed by atoms with E-state index in [4.69, 9.17) is 4.74 Å². The third-order valence-electron chi connectivity index (χ3n) is 12.4. The Morgan fingerprint density at radius 1 is 0.857 bits per heavy atom. The molecule has 2 aliphatic heterocycles. The van der Waals surface area contributed by atoms with Crippen LogP contribution >= 0.6 is 0 Å². The van der Waals surface area contributed by atoms with Crippen LogP contribution in [0.2, 0.25) is 0 Å². The minimum atomic E-state index is -1.06. The summed E-state index contributed by atoms with van der Waals surface area (Å²) in [5, 5.41) is 13.5. The van der Waals surface area contributed by atoms with Crippen molar-refractivity contribution in [1.82, 2.24) is 24.3 Å². The van der Waals surface area contributed by atoms with Crippen LogP contribution < -0.4 is 20.5 Å². The largest absolute Gasteiger partial charge is 0.465 e. The molecule has 2 N–H and O–H groups in total. The van der Waals surface area contributed by atoms with Gasteiger partial charge in [-0.05, 0) is 133 Å². The van der Waals surface area contributed by atoms with Crippen molar-refractivity contribution in [2.45, 2.75) is 117 Å². The van der Waals surface area contributed by atoms with Crippen molar-refractivity contribution >= 4 is 40.2 Å². The van der Waals surface area contributed by atoms with E-state index >= 15 is 4.39 Å². The van der Waals surface area contributed by atoms with Crippen LogP contribution in [0.5, 0.6) is 0 Å². The van der Waals surface area contributed by atoms with E-state index in [1.807, 2.05) is 55.5 Å². The van der Waals surface area contributed by atoms with Gasteiger partial charge in [-0.1, -0.05) is 12.1 Å². The molecule has 2 aromatic carbocycles. The zero-order valence-electron chi connectivity index (χ0n) is 37.0. The van der Waals surface area contributed by atoms with Crippen LogP contribution in [-0.4, -0.2) is 85.5 Å². The first kappa shape index (κ1) is 43.6. The van der Waals surface area contributed by atoms with Crippen molar-refractivity contribution in [3.8, 4) is 0 Å². The molecule has 5 aromatic rings. The summed E-state index contributed by atoms with van der Waals surface area (Å²) in [6.45, 7) is 13.1. The average molecular weight is 859 g/mol. The van der Waals surface area contributed by atoms with E-state index in [1.165, 1.54) is 11.0 Å². The van der Waals surface area contributed by atoms with Crippen LogP contribution in [0.25, 0.3) is 10.9 Å². The van der Waals surface area contributed by atoms with E-state index in [1.54, 1.807) is 45.0 Å². The Kier molecular flexibility index (Phi) is 12.7. The monoisotopic (exact) mass is 858 g/mol. The highest BCUT2D eigenvalue weighted by Gasteiger charge is 2.33. The zero-order valence-corrected chi connectivity index (χ0v) is 37.0. The smallest absolute Gasteiger partial charge is 0.412 e. The Labute approximate surface area is 368 Å². The van der Waals surface area contributed by atoms with Crippen LogP contribution in [0.3, 0.4) is 0 Å². The van der Waals surface area contributed by atoms with Crippen LogP contribution in [0.15, 0.2) is 84.0 Å². The summed E-state index contributed by atoms with van der Waals surface area (Å²) in [6.07, 6.45) is 9.40. The van der Waals surface area contributed by atoms with Crippen LogP contribution in [0, 0.1) is 19.7 Å². The highest BCUT2D eigenvalue weighted by atomic mass is 19.1. The van der Waals surface area contributed by atoms with Gasteiger partial charge in [-0.25, -0.2) is 14.0 Å². The number of hydrogen-bond acceptors (Lipinski definition) is 9. The lowest BCUT2D eigenvalue weighted by molar-refractivity contribution is 0.0635. The molecule has 63 heavy (non-hydrogen) atoms. The second-order valence-corrected chi connectivity index (χ2v) is 18.5. The molecule has 0 radical (unpaired) electrons. The molecule has 0 unspecified atom stereocenters. The van der Waals surface area contributed by atoms with Gasteiger partial charge in [-0.2, -0.15) is 0 Å². The number of hydrogen-bond donors (Lipinski definition) is 2. The number of nitrogens with one attached hydrogen (secondary N) is 1. The lowest BCUT2D eigenvalue weighted by Crippen LogP contribution is -2.49. The maximum atomic E-state index is 16.5. The molecule has 0 spiro atoms. The molecule has 332 valence electrons. The highest BCUT2D eigenvalue weighted by molar-refractivity contribution is 5.85. The molecule has 3 aromatic heterocycles. The quantitative estimate of drug-likeness (QED) is 0.125. The van der Waals surface area contributed by atoms with Gasteiger partial charge in [0.05, 0.1) is 29.1 Å². The summed E-state index contributed by atoms with van der Waals surface area (Å²) in [4.78, 5) is 56.7. The Hall–Kier alpha value is -6.02. The first-order chi connectivity index (χ1) is 30.2. The summed E-state index contributed by atoms with van der Waals surface area (Å²) in [5.41, 5.74) is 6.33. The predicted molar refractivity (Wildman–Crippen MR) is 244 cm³/mol. The van der Waals surface area contributed by atoms with Crippen molar-refractivity contribution in [3.05, 3.63) is 123 Å². The summed E-state index contributed by atoms with van der Waals surface area (Å²) in [7, 11) is 0. The van der Waals surface area contributed by atoms with Gasteiger partial charge in [0, 0.05) is 98.3 Å². The summed E-state index contributed by atoms with van der Waals surface area (Å²) in [6, 6.07) is 18.5. The van der Waals surface area contributed by atoms with Gasteiger partial charge >= 0.3 is 12.2 Å². The molecule has 2 saturated heterocycles. The number of anilines is 3. The summed E-state index contributed by atoms with van der Waals surface area (Å²) < 4.78 is 24.1. The molecule has 3 fully saturated rings. The third kappa shape index (κ3) is 10.6. The van der Waals surface area contributed by atoms with Gasteiger partial charge in [-0.15, -0.1) is 0 Å². The van der Waals surface area contributed by atoms with Gasteiger partial charge in [0.25, 0.3) is 0 Å². The number of aryl methyl sites for hydroxylation is 2. The molecule has 3 aliphatic rings. The summed E-state index contributed by atoms with van der Waals surface area (Å²) in [5.74, 6) is -0.492. The minimum Gasteiger partial charge on any atom is -0.465 e. The van der Waals surface area contributed by atoms with Crippen molar-refractivity contribution in [1.29, 1.82) is 0 Å². The van der Waals surface area contributed by atoms with E-state index in [0.29, 0.717) is 66.9 Å². The van der Waals surface area contributed by atoms with Gasteiger partial charge in [-0.3, -0.25) is 29.9 Å². The second kappa shape index (κ2) is 18.4. The minimum absolute atomic E-state index is 0.130. The van der Waals surface area contributed by atoms with Crippen molar-refractivity contribution in [2.75, 3.05) is 41.3 Å². The molecule has 1 aliphatic carbocycles. The number of amides is 2. The Morgan fingerprint density at radius 3 is 2.27 bits per heavy atom. The predicted octanol–water partition coefficient (Wildman–Crippen LogP) is 9.05. The number of carbonyl (C=O) groups excluding carboxylic acids is 1. The molecule has 13 nitrogen and oxygen atoms in total. The molecule has 0 bridgehead atoms. The molecule has 2 atom stereocenters. The number of rotatable bonds is 12. The molecule has 5 heterocycles. The number of carboxylic acid groups (broad SMARTS) is 1. The highest BCUT2D eigenvalue weighted by Crippen LogP contribution is 2.39. The lowest BCUT2D eigenvalue weighted by Gasteiger charge is -2.40. The van der Waals surface area contributed by atoms with E-state index in [-0.39, 0.29) is 24.1 Å². The standard InChI is InChI=1S/C49H59FN8O5/c1-32-10-15-39(25-52-32)54-20-6-8-40(30-54)56(26-35-18-19-51-33(2)22-35)28-36-29-57(38-16-17-38)44-24-45(43(50)23-42(44)46(36)59)55-21-7-9-41(31-55)58(48(61)62)27-34-11-13-37(14-12-34)53-47(60)63-49(3,4)5/h10-15,18-19,22-25,29,38,40-41H,6-9,16-17,20-21,26-28,30-31H2,1-5H3,(H,53,60)(H,61,62)/t40-,41-/m0/s1. The second-order valence-electron chi connectivity index (χ2n) is 18.5. The normalized spacial score (nSPS) is 18.1. The van der Waals surface area contributed by atoms with Crippen molar-refractivity contribution in [3.63, 3.8) is 0 Å². The van der Waals surface area contributed by atoms with E-state index in [2.05, 4.69) is 41.8 Å². The van der Waals surface area contributed by atoms with Gasteiger partial charge in [0.2, 0.25) is 0 Å². The number of benzene rings is 2. The maximum Gasteiger partial charge on any atom is 0.412 e. The summed E-state index contributed by atoms with van der Waals surface area (Å²) >= 11 is 0. The van der Waals surface area contributed by atoms with Crippen LogP contribution in [0.4, 0.5) is 31.0 Å². The average Bonchev–Trinajstić information content (AvgIpc) is 4.09. The molecule has 8 rings (SSSR count). The number of nitrogens with zero attached hydrogens (tertiary/aromatic N) is 7. The molecule has 1 saturated carbocycles. The number of ether oxygens (including phenoxy) is 1. The molecule has 14 heteroatoms. The Morgan fingerprint density at radius 2 is 1.59 bits per heavy atom. The lowest BCUT2D eigenvalue weighted by atomic mass is 10.0. The zero-order chi connectivity index (χ0) is 44.4. The number of fused-ring (bicyclic) bond motifs is 1. The van der Waals surface area contributed by atoms with Gasteiger partial charge < -0.3 is 24.2 Å². The van der Waals surface area contributed by atoms with Gasteiger partial charge in [0.15, 0.2) is 5.43 Å². The van der Waals surface area contributed by atoms with Crippen LogP contribution in [0.1, 0.15) is 93.4 Å². The number of carbonyl (C=O) groups is 2. The fourth-order valence-electron chi connectivity index (χ4n) is 9.12. The Bertz CT molecular complexity index is 2500. The first-order valence-corrected chi connectivity index (χ1v) is 22.2. The van der Waals surface area contributed by atoms with Gasteiger partial charge in [0.1, 0.15) is 11.4 Å². The fraction of sp³-hybridized carbons (Fsp3) is 0.449. The SMILES string of the molecule is Cc1ccc(N2CCC[C@H](N(Cc3ccnc(C)c3)Cc3cn(C4CC4)c4cc(N5CCC[C@H](N(Cc6ccc(NC(=O)OC(C)(C)C)cc6)C(=O)O)C5)c(F)cc4c3=O)C2)cn1. The van der Waals surface area contributed by atoms with E-state index < -0.39 is 29.6 Å². The van der Waals surface area contributed by atoms with Crippen molar-refractivity contribution in [2.24, 2.45) is 0 Å². The van der Waals surface area contributed by atoms with Crippen LogP contribution in [-0.2, 0) is 24.4 Å². The molecular weight excluding hydrogens is 800 g/mol. The third-order valence-corrected chi connectivity index (χ3v) is 12.4. The number of pyridine rings is 3. The Balaban J connectivity index is 1.04. The van der Waals surface area contributed by atoms with E-state index in [9.17, 15) is 19.5 Å².